The van der Waals surface area contributed by atoms with Gasteiger partial charge in [-0.1, -0.05) is 12.2 Å². The zero-order chi connectivity index (χ0) is 13.6. The molecule has 0 radical (unpaired) electrons. The number of nitrogens with one attached hydrogen (secondary N) is 2. The van der Waals surface area contributed by atoms with Crippen molar-refractivity contribution in [3.63, 3.8) is 0 Å². The molecule has 0 aliphatic carbocycles. The second-order valence-electron chi connectivity index (χ2n) is 5.07. The number of nitrogens with zero attached hydrogens (tertiary/aromatic N) is 1. The number of amides is 1. The van der Waals surface area contributed by atoms with E-state index in [1.54, 1.807) is 6.20 Å². The second-order valence-corrected chi connectivity index (χ2v) is 5.07. The zero-order valence-corrected chi connectivity index (χ0v) is 11.4. The summed E-state index contributed by atoms with van der Waals surface area (Å²) in [7, 11) is 0. The van der Waals surface area contributed by atoms with E-state index >= 15 is 0 Å². The Bertz CT molecular complexity index is 416. The van der Waals surface area contributed by atoms with Crippen LogP contribution in [0.25, 0.3) is 6.08 Å². The molecule has 18 heavy (non-hydrogen) atoms. The first kappa shape index (κ1) is 14.3. The lowest BCUT2D eigenvalue weighted by molar-refractivity contribution is 0.0529. The molecule has 0 aliphatic rings. The van der Waals surface area contributed by atoms with Crippen LogP contribution in [-0.4, -0.2) is 28.4 Å². The summed E-state index contributed by atoms with van der Waals surface area (Å²) in [4.78, 5) is 11.3. The number of ether oxygens (including phenoxy) is 1. The van der Waals surface area contributed by atoms with E-state index in [-0.39, 0.29) is 6.09 Å². The van der Waals surface area contributed by atoms with Crippen molar-refractivity contribution in [2.45, 2.75) is 39.7 Å². The predicted molar refractivity (Wildman–Crippen MR) is 71.2 cm³/mol. The number of H-pyrrole nitrogens is 1. The lowest BCUT2D eigenvalue weighted by Gasteiger charge is -2.19. The van der Waals surface area contributed by atoms with E-state index < -0.39 is 5.60 Å². The summed E-state index contributed by atoms with van der Waals surface area (Å²) in [6.45, 7) is 8.05. The average Bonchev–Trinajstić information content (AvgIpc) is 2.61. The summed E-state index contributed by atoms with van der Waals surface area (Å²) < 4.78 is 5.12. The molecule has 1 amide bonds. The zero-order valence-electron chi connectivity index (χ0n) is 11.4. The lowest BCUT2D eigenvalue weighted by atomic mass is 10.2. The van der Waals surface area contributed by atoms with E-state index in [0.29, 0.717) is 6.54 Å². The predicted octanol–water partition coefficient (Wildman–Crippen LogP) is 2.65. The molecule has 0 bridgehead atoms. The molecule has 0 atom stereocenters. The molecular formula is C13H21N3O2. The summed E-state index contributed by atoms with van der Waals surface area (Å²) >= 11 is 0. The van der Waals surface area contributed by atoms with Crippen LogP contribution in [0.15, 0.2) is 12.3 Å². The molecule has 0 aliphatic heterocycles. The van der Waals surface area contributed by atoms with Gasteiger partial charge in [0.05, 0.1) is 6.20 Å². The van der Waals surface area contributed by atoms with Crippen molar-refractivity contribution in [2.75, 3.05) is 6.54 Å². The van der Waals surface area contributed by atoms with Gasteiger partial charge in [0, 0.05) is 17.8 Å². The highest BCUT2D eigenvalue weighted by atomic mass is 16.6. The van der Waals surface area contributed by atoms with Crippen molar-refractivity contribution in [3.8, 4) is 0 Å². The van der Waals surface area contributed by atoms with Crippen LogP contribution in [-0.2, 0) is 4.74 Å². The standard InChI is InChI=1S/C13H21N3O2/c1-10-11(9-15-16-10)7-5-6-8-14-12(17)18-13(2,3)4/h5,7,9H,6,8H2,1-4H3,(H,14,17)(H,15,16). The molecule has 2 N–H and O–H groups in total. The molecule has 1 aromatic heterocycles. The number of aromatic amines is 1. The first-order valence-electron chi connectivity index (χ1n) is 6.02. The van der Waals surface area contributed by atoms with Gasteiger partial charge in [0.2, 0.25) is 0 Å². The fraction of sp³-hybridized carbons (Fsp3) is 0.538. The normalized spacial score (nSPS) is 11.8. The summed E-state index contributed by atoms with van der Waals surface area (Å²) in [6.07, 6.45) is 6.12. The maximum atomic E-state index is 11.3. The number of hydrogen-bond acceptors (Lipinski definition) is 3. The monoisotopic (exact) mass is 251 g/mol. The first-order chi connectivity index (χ1) is 8.38. The van der Waals surface area contributed by atoms with Gasteiger partial charge in [-0.15, -0.1) is 0 Å². The van der Waals surface area contributed by atoms with Gasteiger partial charge in [-0.2, -0.15) is 5.10 Å². The highest BCUT2D eigenvalue weighted by Gasteiger charge is 2.15. The Morgan fingerprint density at radius 1 is 1.56 bits per heavy atom. The Balaban J connectivity index is 2.21. The van der Waals surface area contributed by atoms with Crippen LogP contribution in [0, 0.1) is 6.92 Å². The maximum Gasteiger partial charge on any atom is 0.407 e. The SMILES string of the molecule is Cc1[nH]ncc1C=CCCNC(=O)OC(C)(C)C. The average molecular weight is 251 g/mol. The summed E-state index contributed by atoms with van der Waals surface area (Å²) in [6, 6.07) is 0. The molecule has 1 aromatic rings. The Morgan fingerprint density at radius 3 is 2.83 bits per heavy atom. The molecule has 0 saturated carbocycles. The number of alkyl carbamates (subject to hydrolysis) is 1. The van der Waals surface area contributed by atoms with Gasteiger partial charge in [0.25, 0.3) is 0 Å². The quantitative estimate of drug-likeness (QED) is 0.808. The van der Waals surface area contributed by atoms with E-state index in [4.69, 9.17) is 4.74 Å². The van der Waals surface area contributed by atoms with E-state index in [0.717, 1.165) is 17.7 Å². The number of carbonyl (C=O) groups is 1. The Labute approximate surface area is 108 Å². The van der Waals surface area contributed by atoms with E-state index in [9.17, 15) is 4.79 Å². The molecular weight excluding hydrogens is 230 g/mol. The number of aromatic nitrogens is 2. The highest BCUT2D eigenvalue weighted by molar-refractivity contribution is 5.67. The fourth-order valence-electron chi connectivity index (χ4n) is 1.31. The molecule has 0 aromatic carbocycles. The minimum Gasteiger partial charge on any atom is -0.444 e. The minimum absolute atomic E-state index is 0.379. The van der Waals surface area contributed by atoms with Crippen LogP contribution in [0.1, 0.15) is 38.4 Å². The number of carbonyl (C=O) groups excluding carboxylic acids is 1. The van der Waals surface area contributed by atoms with Crippen LogP contribution in [0.3, 0.4) is 0 Å². The molecule has 1 rings (SSSR count). The molecule has 1 heterocycles. The van der Waals surface area contributed by atoms with Crippen LogP contribution in [0.5, 0.6) is 0 Å². The van der Waals surface area contributed by atoms with Crippen molar-refractivity contribution >= 4 is 12.2 Å². The van der Waals surface area contributed by atoms with Gasteiger partial charge in [0.1, 0.15) is 5.60 Å². The van der Waals surface area contributed by atoms with Gasteiger partial charge in [-0.05, 0) is 34.1 Å². The Kier molecular flexibility index (Phi) is 4.95. The molecule has 5 nitrogen and oxygen atoms in total. The third-order valence-electron chi connectivity index (χ3n) is 2.15. The van der Waals surface area contributed by atoms with Gasteiger partial charge < -0.3 is 10.1 Å². The van der Waals surface area contributed by atoms with Crippen LogP contribution in [0.2, 0.25) is 0 Å². The smallest absolute Gasteiger partial charge is 0.407 e. The first-order valence-corrected chi connectivity index (χ1v) is 6.02. The maximum absolute atomic E-state index is 11.3. The van der Waals surface area contributed by atoms with E-state index in [1.807, 2.05) is 39.8 Å². The molecule has 0 saturated heterocycles. The second kappa shape index (κ2) is 6.23. The number of aryl methyl sites for hydroxylation is 1. The van der Waals surface area contributed by atoms with Crippen LogP contribution in [0.4, 0.5) is 4.79 Å². The van der Waals surface area contributed by atoms with Crippen molar-refractivity contribution in [3.05, 3.63) is 23.5 Å². The Hall–Kier alpha value is -1.78. The van der Waals surface area contributed by atoms with E-state index in [2.05, 4.69) is 15.5 Å². The van der Waals surface area contributed by atoms with Gasteiger partial charge in [-0.25, -0.2) is 4.79 Å². The third kappa shape index (κ3) is 5.52. The molecule has 100 valence electrons. The van der Waals surface area contributed by atoms with Crippen molar-refractivity contribution < 1.29 is 9.53 Å². The van der Waals surface area contributed by atoms with E-state index in [1.165, 1.54) is 0 Å². The van der Waals surface area contributed by atoms with Crippen LogP contribution < -0.4 is 5.32 Å². The summed E-state index contributed by atoms with van der Waals surface area (Å²) in [5.41, 5.74) is 1.65. The minimum atomic E-state index is -0.451. The fourth-order valence-corrected chi connectivity index (χ4v) is 1.31. The summed E-state index contributed by atoms with van der Waals surface area (Å²) in [5.74, 6) is 0. The molecule has 0 unspecified atom stereocenters. The van der Waals surface area contributed by atoms with Crippen LogP contribution >= 0.6 is 0 Å². The number of hydrogen-bond donors (Lipinski definition) is 2. The van der Waals surface area contributed by atoms with Crippen molar-refractivity contribution in [1.29, 1.82) is 0 Å². The topological polar surface area (TPSA) is 67.0 Å². The highest BCUT2D eigenvalue weighted by Crippen LogP contribution is 2.07. The molecule has 0 spiro atoms. The van der Waals surface area contributed by atoms with Gasteiger partial charge >= 0.3 is 6.09 Å². The van der Waals surface area contributed by atoms with Gasteiger partial charge in [-0.3, -0.25) is 5.10 Å². The molecule has 5 heteroatoms. The third-order valence-corrected chi connectivity index (χ3v) is 2.15. The summed E-state index contributed by atoms with van der Waals surface area (Å²) in [5, 5.41) is 9.48. The largest absolute Gasteiger partial charge is 0.444 e. The number of rotatable bonds is 4. The molecule has 0 fully saturated rings. The van der Waals surface area contributed by atoms with Gasteiger partial charge in [0.15, 0.2) is 0 Å². The van der Waals surface area contributed by atoms with Crippen molar-refractivity contribution in [1.82, 2.24) is 15.5 Å². The van der Waals surface area contributed by atoms with Crippen molar-refractivity contribution in [2.24, 2.45) is 0 Å². The Morgan fingerprint density at radius 2 is 2.28 bits per heavy atom. The lowest BCUT2D eigenvalue weighted by Crippen LogP contribution is -2.32.